The number of tetrazole rings is 1. The molecule has 7 nitrogen and oxygen atoms in total. The zero-order valence-electron chi connectivity index (χ0n) is 20.7. The standard InChI is InChI=1S/C27H34N6O/c1-6-24(25-29-30-31-33(25)27(4,5)7-2)32(17-20-11-9-8-10-12-20)18-22-16-21-15-19(3)13-14-23(21)28-26(22)34/h8-16,24H,6-7,17-18H2,1-5H3,(H,28,34). The van der Waals surface area contributed by atoms with Crippen LogP contribution in [0, 0.1) is 6.92 Å². The van der Waals surface area contributed by atoms with E-state index < -0.39 is 0 Å². The molecule has 0 bridgehead atoms. The molecule has 2 aromatic carbocycles. The van der Waals surface area contributed by atoms with E-state index in [4.69, 9.17) is 0 Å². The van der Waals surface area contributed by atoms with Gasteiger partial charge in [-0.25, -0.2) is 4.68 Å². The average molecular weight is 459 g/mol. The molecular formula is C27H34N6O. The van der Waals surface area contributed by atoms with Crippen molar-refractivity contribution in [1.29, 1.82) is 0 Å². The lowest BCUT2D eigenvalue weighted by atomic mass is 10.0. The second-order valence-electron chi connectivity index (χ2n) is 9.64. The Morgan fingerprint density at radius 2 is 1.82 bits per heavy atom. The van der Waals surface area contributed by atoms with Crippen LogP contribution in [0.1, 0.15) is 69.1 Å². The maximum Gasteiger partial charge on any atom is 0.252 e. The summed E-state index contributed by atoms with van der Waals surface area (Å²) in [4.78, 5) is 18.4. The van der Waals surface area contributed by atoms with Gasteiger partial charge in [0.15, 0.2) is 5.82 Å². The van der Waals surface area contributed by atoms with E-state index in [1.54, 1.807) is 0 Å². The van der Waals surface area contributed by atoms with Crippen LogP contribution in [0.3, 0.4) is 0 Å². The van der Waals surface area contributed by atoms with E-state index >= 15 is 0 Å². The molecule has 0 saturated heterocycles. The van der Waals surface area contributed by atoms with Crippen molar-refractivity contribution in [2.75, 3.05) is 0 Å². The van der Waals surface area contributed by atoms with E-state index in [2.05, 4.69) is 78.2 Å². The molecule has 0 radical (unpaired) electrons. The molecule has 0 aliphatic carbocycles. The first kappa shape index (κ1) is 23.8. The van der Waals surface area contributed by atoms with Gasteiger partial charge in [-0.2, -0.15) is 0 Å². The molecule has 1 atom stereocenters. The zero-order valence-corrected chi connectivity index (χ0v) is 20.7. The third-order valence-electron chi connectivity index (χ3n) is 6.74. The molecular weight excluding hydrogens is 424 g/mol. The van der Waals surface area contributed by atoms with Crippen LogP contribution in [-0.4, -0.2) is 30.1 Å². The number of fused-ring (bicyclic) bond motifs is 1. The van der Waals surface area contributed by atoms with Gasteiger partial charge in [0.2, 0.25) is 0 Å². The number of hydrogen-bond acceptors (Lipinski definition) is 5. The number of benzene rings is 2. The highest BCUT2D eigenvalue weighted by atomic mass is 16.1. The summed E-state index contributed by atoms with van der Waals surface area (Å²) in [6, 6.07) is 18.4. The molecule has 2 aromatic heterocycles. The van der Waals surface area contributed by atoms with Gasteiger partial charge in [0, 0.05) is 24.2 Å². The minimum absolute atomic E-state index is 0.0476. The number of nitrogens with zero attached hydrogens (tertiary/aromatic N) is 5. The number of hydrogen-bond donors (Lipinski definition) is 1. The van der Waals surface area contributed by atoms with Crippen LogP contribution in [0.4, 0.5) is 0 Å². The Balaban J connectivity index is 1.77. The van der Waals surface area contributed by atoms with Crippen LogP contribution in [0.25, 0.3) is 10.9 Å². The van der Waals surface area contributed by atoms with Crippen molar-refractivity contribution >= 4 is 10.9 Å². The Morgan fingerprint density at radius 3 is 2.53 bits per heavy atom. The van der Waals surface area contributed by atoms with Crippen molar-refractivity contribution in [3.05, 3.63) is 87.5 Å². The van der Waals surface area contributed by atoms with E-state index in [1.807, 2.05) is 41.1 Å². The molecule has 0 aliphatic heterocycles. The van der Waals surface area contributed by atoms with Crippen LogP contribution < -0.4 is 5.56 Å². The Bertz CT molecular complexity index is 1310. The topological polar surface area (TPSA) is 79.7 Å². The SMILES string of the molecule is CCC(c1nnnn1C(C)(C)CC)N(Cc1ccccc1)Cc1cc2cc(C)ccc2[nH]c1=O. The second-order valence-corrected chi connectivity index (χ2v) is 9.64. The van der Waals surface area contributed by atoms with E-state index in [9.17, 15) is 4.79 Å². The van der Waals surface area contributed by atoms with Crippen molar-refractivity contribution in [3.63, 3.8) is 0 Å². The quantitative estimate of drug-likeness (QED) is 0.376. The molecule has 0 amide bonds. The fourth-order valence-electron chi connectivity index (χ4n) is 4.39. The van der Waals surface area contributed by atoms with Gasteiger partial charge in [0.05, 0.1) is 11.6 Å². The monoisotopic (exact) mass is 458 g/mol. The maximum absolute atomic E-state index is 13.0. The minimum atomic E-state index is -0.206. The molecule has 0 fully saturated rings. The number of pyridine rings is 1. The summed E-state index contributed by atoms with van der Waals surface area (Å²) in [6.07, 6.45) is 1.72. The van der Waals surface area contributed by atoms with E-state index in [0.717, 1.165) is 35.1 Å². The van der Waals surface area contributed by atoms with Crippen molar-refractivity contribution in [1.82, 2.24) is 30.1 Å². The van der Waals surface area contributed by atoms with Crippen LogP contribution in [0.5, 0.6) is 0 Å². The largest absolute Gasteiger partial charge is 0.322 e. The predicted octanol–water partition coefficient (Wildman–Crippen LogP) is 5.12. The summed E-state index contributed by atoms with van der Waals surface area (Å²) in [7, 11) is 0. The number of nitrogens with one attached hydrogen (secondary N) is 1. The lowest BCUT2D eigenvalue weighted by Crippen LogP contribution is -2.36. The number of aromatic nitrogens is 5. The summed E-state index contributed by atoms with van der Waals surface area (Å²) in [5.74, 6) is 0.832. The fraction of sp³-hybridized carbons (Fsp3) is 0.407. The number of H-pyrrole nitrogens is 1. The molecule has 4 aromatic rings. The van der Waals surface area contributed by atoms with Gasteiger partial charge in [0.25, 0.3) is 5.56 Å². The van der Waals surface area contributed by atoms with Gasteiger partial charge < -0.3 is 4.98 Å². The molecule has 2 heterocycles. The summed E-state index contributed by atoms with van der Waals surface area (Å²) < 4.78 is 1.95. The van der Waals surface area contributed by atoms with Crippen molar-refractivity contribution in [2.45, 2.75) is 72.1 Å². The molecule has 4 rings (SSSR count). The normalized spacial score (nSPS) is 13.0. The molecule has 0 saturated carbocycles. The molecule has 7 heteroatoms. The predicted molar refractivity (Wildman–Crippen MR) is 135 cm³/mol. The van der Waals surface area contributed by atoms with E-state index in [-0.39, 0.29) is 17.1 Å². The number of rotatable bonds is 9. The first-order valence-corrected chi connectivity index (χ1v) is 12.0. The highest BCUT2D eigenvalue weighted by molar-refractivity contribution is 5.79. The highest BCUT2D eigenvalue weighted by Gasteiger charge is 2.31. The average Bonchev–Trinajstić information content (AvgIpc) is 3.31. The van der Waals surface area contributed by atoms with Crippen molar-refractivity contribution < 1.29 is 0 Å². The van der Waals surface area contributed by atoms with Crippen LogP contribution in [0.2, 0.25) is 0 Å². The Labute approximate surface area is 200 Å². The number of aryl methyl sites for hydroxylation is 1. The van der Waals surface area contributed by atoms with Gasteiger partial charge in [-0.15, -0.1) is 5.10 Å². The van der Waals surface area contributed by atoms with E-state index in [1.165, 1.54) is 11.1 Å². The van der Waals surface area contributed by atoms with Crippen molar-refractivity contribution in [3.8, 4) is 0 Å². The van der Waals surface area contributed by atoms with Gasteiger partial charge in [-0.3, -0.25) is 9.69 Å². The molecule has 34 heavy (non-hydrogen) atoms. The third-order valence-corrected chi connectivity index (χ3v) is 6.74. The number of aromatic amines is 1. The summed E-state index contributed by atoms with van der Waals surface area (Å²) in [5, 5.41) is 13.9. The molecule has 0 spiro atoms. The fourth-order valence-corrected chi connectivity index (χ4v) is 4.39. The third kappa shape index (κ3) is 4.94. The van der Waals surface area contributed by atoms with Crippen LogP contribution in [0.15, 0.2) is 59.4 Å². The molecule has 178 valence electrons. The first-order valence-electron chi connectivity index (χ1n) is 12.0. The van der Waals surface area contributed by atoms with Gasteiger partial charge in [-0.05, 0) is 73.2 Å². The Kier molecular flexibility index (Phi) is 6.93. The lowest BCUT2D eigenvalue weighted by Gasteiger charge is -2.33. The smallest absolute Gasteiger partial charge is 0.252 e. The highest BCUT2D eigenvalue weighted by Crippen LogP contribution is 2.30. The van der Waals surface area contributed by atoms with Gasteiger partial charge >= 0.3 is 0 Å². The molecule has 0 aliphatic rings. The van der Waals surface area contributed by atoms with Crippen LogP contribution in [-0.2, 0) is 18.6 Å². The molecule has 1 unspecified atom stereocenters. The maximum atomic E-state index is 13.0. The van der Waals surface area contributed by atoms with E-state index in [0.29, 0.717) is 13.1 Å². The van der Waals surface area contributed by atoms with Gasteiger partial charge in [0.1, 0.15) is 0 Å². The van der Waals surface area contributed by atoms with Crippen molar-refractivity contribution in [2.24, 2.45) is 0 Å². The molecule has 1 N–H and O–H groups in total. The Morgan fingerprint density at radius 1 is 1.06 bits per heavy atom. The Hall–Kier alpha value is -3.32. The lowest BCUT2D eigenvalue weighted by molar-refractivity contribution is 0.150. The summed E-state index contributed by atoms with van der Waals surface area (Å²) >= 11 is 0. The second kappa shape index (κ2) is 9.89. The summed E-state index contributed by atoms with van der Waals surface area (Å²) in [5.41, 5.74) is 3.68. The minimum Gasteiger partial charge on any atom is -0.322 e. The summed E-state index contributed by atoms with van der Waals surface area (Å²) in [6.45, 7) is 11.8. The van der Waals surface area contributed by atoms with Crippen LogP contribution >= 0.6 is 0 Å². The van der Waals surface area contributed by atoms with Gasteiger partial charge in [-0.1, -0.05) is 55.8 Å². The zero-order chi connectivity index (χ0) is 24.3. The first-order chi connectivity index (χ1) is 16.3.